The Morgan fingerprint density at radius 1 is 0.818 bits per heavy atom. The van der Waals surface area contributed by atoms with Crippen LogP contribution in [-0.2, 0) is 16.0 Å². The lowest BCUT2D eigenvalue weighted by Crippen LogP contribution is -2.49. The summed E-state index contributed by atoms with van der Waals surface area (Å²) >= 11 is 0. The van der Waals surface area contributed by atoms with E-state index in [1.807, 2.05) is 68.4 Å². The van der Waals surface area contributed by atoms with Crippen LogP contribution in [0.3, 0.4) is 0 Å². The Labute approximate surface area is 197 Å². The lowest BCUT2D eigenvalue weighted by atomic mass is 9.88. The molecule has 1 atom stereocenters. The maximum absolute atomic E-state index is 13.7. The van der Waals surface area contributed by atoms with Crippen LogP contribution in [-0.4, -0.2) is 35.8 Å². The van der Waals surface area contributed by atoms with Crippen molar-refractivity contribution in [1.82, 2.24) is 10.2 Å². The highest BCUT2D eigenvalue weighted by atomic mass is 16.2. The van der Waals surface area contributed by atoms with Gasteiger partial charge in [0.25, 0.3) is 0 Å². The van der Waals surface area contributed by atoms with Crippen LogP contribution in [0.2, 0.25) is 0 Å². The van der Waals surface area contributed by atoms with Gasteiger partial charge in [0.1, 0.15) is 6.04 Å². The number of nitrogens with zero attached hydrogens (tertiary/aromatic N) is 1. The summed E-state index contributed by atoms with van der Waals surface area (Å²) in [4.78, 5) is 28.2. The summed E-state index contributed by atoms with van der Waals surface area (Å²) in [5, 5.41) is 2.95. The highest BCUT2D eigenvalue weighted by Crippen LogP contribution is 2.29. The van der Waals surface area contributed by atoms with E-state index in [2.05, 4.69) is 41.7 Å². The molecule has 0 spiro atoms. The molecule has 3 rings (SSSR count). The number of rotatable bonds is 11. The van der Waals surface area contributed by atoms with Gasteiger partial charge in [0.05, 0.1) is 0 Å². The first kappa shape index (κ1) is 24.2. The topological polar surface area (TPSA) is 49.4 Å². The van der Waals surface area contributed by atoms with Gasteiger partial charge in [0, 0.05) is 25.4 Å². The lowest BCUT2D eigenvalue weighted by Gasteiger charge is -2.30. The Bertz CT molecular complexity index is 950. The number of amides is 2. The predicted molar refractivity (Wildman–Crippen MR) is 134 cm³/mol. The van der Waals surface area contributed by atoms with Crippen LogP contribution >= 0.6 is 0 Å². The standard InChI is InChI=1S/C29H34N2O2/c1-3-20-30-29(33)23(2)31(21-19-24-13-7-4-8-14-24)28(32)22-27(25-15-9-5-10-16-25)26-17-11-6-12-18-26/h4-18,23,27H,3,19-22H2,1-2H3,(H,30,33). The summed E-state index contributed by atoms with van der Waals surface area (Å²) in [7, 11) is 0. The number of carbonyl (C=O) groups excluding carboxylic acids is 2. The second-order valence-electron chi connectivity index (χ2n) is 8.37. The summed E-state index contributed by atoms with van der Waals surface area (Å²) in [6.07, 6.45) is 1.88. The summed E-state index contributed by atoms with van der Waals surface area (Å²) in [5.41, 5.74) is 3.35. The van der Waals surface area contributed by atoms with Crippen LogP contribution in [0.1, 0.15) is 49.3 Å². The predicted octanol–water partition coefficient (Wildman–Crippen LogP) is 5.19. The molecule has 3 aromatic carbocycles. The highest BCUT2D eigenvalue weighted by Gasteiger charge is 2.28. The van der Waals surface area contributed by atoms with Gasteiger partial charge < -0.3 is 10.2 Å². The van der Waals surface area contributed by atoms with Crippen molar-refractivity contribution in [2.45, 2.75) is 45.1 Å². The van der Waals surface area contributed by atoms with Crippen molar-refractivity contribution < 1.29 is 9.59 Å². The molecule has 1 N–H and O–H groups in total. The van der Waals surface area contributed by atoms with Gasteiger partial charge in [-0.1, -0.05) is 97.9 Å². The minimum Gasteiger partial charge on any atom is -0.354 e. The molecule has 4 heteroatoms. The Hall–Kier alpha value is -3.40. The van der Waals surface area contributed by atoms with Crippen molar-refractivity contribution in [3.8, 4) is 0 Å². The van der Waals surface area contributed by atoms with Crippen LogP contribution < -0.4 is 5.32 Å². The first-order valence-corrected chi connectivity index (χ1v) is 11.8. The van der Waals surface area contributed by atoms with Gasteiger partial charge in [-0.15, -0.1) is 0 Å². The lowest BCUT2D eigenvalue weighted by molar-refractivity contribution is -0.140. The van der Waals surface area contributed by atoms with Gasteiger partial charge in [0.2, 0.25) is 11.8 Å². The van der Waals surface area contributed by atoms with Crippen LogP contribution in [0, 0.1) is 0 Å². The van der Waals surface area contributed by atoms with Crippen LogP contribution in [0.15, 0.2) is 91.0 Å². The van der Waals surface area contributed by atoms with Crippen molar-refractivity contribution in [3.05, 3.63) is 108 Å². The van der Waals surface area contributed by atoms with Crippen LogP contribution in [0.25, 0.3) is 0 Å². The second kappa shape index (κ2) is 12.6. The normalized spacial score (nSPS) is 11.7. The van der Waals surface area contributed by atoms with E-state index < -0.39 is 6.04 Å². The molecule has 0 saturated heterocycles. The zero-order chi connectivity index (χ0) is 23.5. The van der Waals surface area contributed by atoms with Crippen molar-refractivity contribution in [2.75, 3.05) is 13.1 Å². The van der Waals surface area contributed by atoms with E-state index in [9.17, 15) is 9.59 Å². The molecule has 33 heavy (non-hydrogen) atoms. The van der Waals surface area contributed by atoms with Gasteiger partial charge in [-0.25, -0.2) is 0 Å². The van der Waals surface area contributed by atoms with Gasteiger partial charge in [-0.3, -0.25) is 9.59 Å². The Morgan fingerprint density at radius 3 is 1.85 bits per heavy atom. The highest BCUT2D eigenvalue weighted by molar-refractivity contribution is 5.87. The van der Waals surface area contributed by atoms with Crippen molar-refractivity contribution in [2.24, 2.45) is 0 Å². The summed E-state index contributed by atoms with van der Waals surface area (Å²) in [5.74, 6) is -0.179. The Morgan fingerprint density at radius 2 is 1.33 bits per heavy atom. The first-order valence-electron chi connectivity index (χ1n) is 11.8. The largest absolute Gasteiger partial charge is 0.354 e. The summed E-state index contributed by atoms with van der Waals surface area (Å²) < 4.78 is 0. The molecule has 0 aliphatic rings. The summed E-state index contributed by atoms with van der Waals surface area (Å²) in [6.45, 7) is 4.96. The van der Waals surface area contributed by atoms with Crippen LogP contribution in [0.5, 0.6) is 0 Å². The monoisotopic (exact) mass is 442 g/mol. The molecule has 0 radical (unpaired) electrons. The number of hydrogen-bond acceptors (Lipinski definition) is 2. The minimum absolute atomic E-state index is 0.0113. The maximum atomic E-state index is 13.7. The number of carbonyl (C=O) groups is 2. The van der Waals surface area contributed by atoms with E-state index in [0.717, 1.165) is 23.1 Å². The van der Waals surface area contributed by atoms with Gasteiger partial charge >= 0.3 is 0 Å². The Balaban J connectivity index is 1.83. The van der Waals surface area contributed by atoms with E-state index in [-0.39, 0.29) is 17.7 Å². The molecule has 1 unspecified atom stereocenters. The molecule has 0 aliphatic carbocycles. The van der Waals surface area contributed by atoms with Crippen molar-refractivity contribution in [3.63, 3.8) is 0 Å². The van der Waals surface area contributed by atoms with Gasteiger partial charge in [0.15, 0.2) is 0 Å². The molecule has 0 saturated carbocycles. The molecule has 0 aromatic heterocycles. The van der Waals surface area contributed by atoms with E-state index in [1.165, 1.54) is 0 Å². The van der Waals surface area contributed by atoms with E-state index >= 15 is 0 Å². The Kier molecular flexibility index (Phi) is 9.25. The van der Waals surface area contributed by atoms with Crippen molar-refractivity contribution >= 4 is 11.8 Å². The van der Waals surface area contributed by atoms with E-state index in [4.69, 9.17) is 0 Å². The van der Waals surface area contributed by atoms with Gasteiger partial charge in [-0.2, -0.15) is 0 Å². The van der Waals surface area contributed by atoms with E-state index in [0.29, 0.717) is 25.9 Å². The number of nitrogens with one attached hydrogen (secondary N) is 1. The quantitative estimate of drug-likeness (QED) is 0.444. The average molecular weight is 443 g/mol. The fourth-order valence-corrected chi connectivity index (χ4v) is 4.06. The van der Waals surface area contributed by atoms with Crippen LogP contribution in [0.4, 0.5) is 0 Å². The third kappa shape index (κ3) is 7.04. The average Bonchev–Trinajstić information content (AvgIpc) is 2.87. The van der Waals surface area contributed by atoms with Gasteiger partial charge in [-0.05, 0) is 36.5 Å². The van der Waals surface area contributed by atoms with E-state index in [1.54, 1.807) is 4.90 Å². The molecule has 172 valence electrons. The third-order valence-electron chi connectivity index (χ3n) is 5.98. The molecule has 2 amide bonds. The third-order valence-corrected chi connectivity index (χ3v) is 5.98. The fraction of sp³-hybridized carbons (Fsp3) is 0.310. The molecule has 0 bridgehead atoms. The molecular weight excluding hydrogens is 408 g/mol. The first-order chi connectivity index (χ1) is 16.1. The fourth-order valence-electron chi connectivity index (χ4n) is 4.06. The maximum Gasteiger partial charge on any atom is 0.242 e. The second-order valence-corrected chi connectivity index (χ2v) is 8.37. The summed E-state index contributed by atoms with van der Waals surface area (Å²) in [6, 6.07) is 29.8. The molecule has 0 fully saturated rings. The molecule has 0 heterocycles. The SMILES string of the molecule is CCCNC(=O)C(C)N(CCc1ccccc1)C(=O)CC(c1ccccc1)c1ccccc1. The smallest absolute Gasteiger partial charge is 0.242 e. The minimum atomic E-state index is -0.528. The molecule has 0 aliphatic heterocycles. The van der Waals surface area contributed by atoms with Crippen molar-refractivity contribution in [1.29, 1.82) is 0 Å². The molecule has 4 nitrogen and oxygen atoms in total. The number of hydrogen-bond donors (Lipinski definition) is 1. The molecular formula is C29H34N2O2. The molecule has 3 aromatic rings. The zero-order valence-electron chi connectivity index (χ0n) is 19.6. The zero-order valence-corrected chi connectivity index (χ0v) is 19.6. The number of benzene rings is 3.